The molecule has 16 heavy (non-hydrogen) atoms. The van der Waals surface area contributed by atoms with Crippen LogP contribution < -0.4 is 0 Å². The summed E-state index contributed by atoms with van der Waals surface area (Å²) in [5.74, 6) is -0.170. The van der Waals surface area contributed by atoms with Gasteiger partial charge in [-0.05, 0) is 12.8 Å². The summed E-state index contributed by atoms with van der Waals surface area (Å²) in [6.07, 6.45) is 3.01. The fraction of sp³-hybridized carbons (Fsp3) is 0.667. The second kappa shape index (κ2) is 2.67. The van der Waals surface area contributed by atoms with Crippen LogP contribution >= 0.6 is 0 Å². The van der Waals surface area contributed by atoms with E-state index in [4.69, 9.17) is 4.74 Å². The van der Waals surface area contributed by atoms with Gasteiger partial charge in [-0.3, -0.25) is 4.79 Å². The average molecular weight is 221 g/mol. The Morgan fingerprint density at radius 2 is 2.12 bits per heavy atom. The number of hydrogen-bond acceptors (Lipinski definition) is 3. The minimum absolute atomic E-state index is 0.0848. The molecular weight excluding hydrogens is 206 g/mol. The fourth-order valence-corrected chi connectivity index (χ4v) is 3.49. The summed E-state index contributed by atoms with van der Waals surface area (Å²) in [5.41, 5.74) is 0.108. The van der Waals surface area contributed by atoms with Crippen LogP contribution in [0.3, 0.4) is 0 Å². The number of nitrogens with zero attached hydrogens (tertiary/aromatic N) is 1. The van der Waals surface area contributed by atoms with Crippen LogP contribution in [-0.2, 0) is 14.3 Å². The standard InChI is InChI=1S/C12H15NO3/c1-8-5-12(10(15)16-2)11(3-4-11)6-9(14)13(12)7-8/h1,3-7H2,2H3. The van der Waals surface area contributed by atoms with Gasteiger partial charge in [-0.15, -0.1) is 0 Å². The second-order valence-corrected chi connectivity index (χ2v) is 5.22. The lowest BCUT2D eigenvalue weighted by Crippen LogP contribution is -2.52. The van der Waals surface area contributed by atoms with Gasteiger partial charge in [0.1, 0.15) is 0 Å². The van der Waals surface area contributed by atoms with Gasteiger partial charge in [0.2, 0.25) is 5.91 Å². The molecule has 3 rings (SSSR count). The molecule has 1 aliphatic carbocycles. The Hall–Kier alpha value is -1.32. The number of rotatable bonds is 1. The van der Waals surface area contributed by atoms with Gasteiger partial charge in [0.25, 0.3) is 0 Å². The zero-order valence-corrected chi connectivity index (χ0v) is 9.41. The Morgan fingerprint density at radius 1 is 1.44 bits per heavy atom. The third-order valence-corrected chi connectivity index (χ3v) is 4.39. The molecular formula is C12H15NO3. The van der Waals surface area contributed by atoms with E-state index in [1.165, 1.54) is 7.11 Å². The number of carbonyl (C=O) groups excluding carboxylic acids is 2. The van der Waals surface area contributed by atoms with Crippen molar-refractivity contribution in [2.75, 3.05) is 13.7 Å². The van der Waals surface area contributed by atoms with Gasteiger partial charge in [-0.25, -0.2) is 4.79 Å². The highest BCUT2D eigenvalue weighted by Crippen LogP contribution is 2.66. The van der Waals surface area contributed by atoms with E-state index in [1.807, 2.05) is 0 Å². The third kappa shape index (κ3) is 0.867. The van der Waals surface area contributed by atoms with Crippen LogP contribution in [0.2, 0.25) is 0 Å². The van der Waals surface area contributed by atoms with Crippen molar-refractivity contribution in [2.45, 2.75) is 31.2 Å². The molecule has 3 fully saturated rings. The van der Waals surface area contributed by atoms with E-state index in [0.717, 1.165) is 18.4 Å². The molecule has 1 saturated carbocycles. The summed E-state index contributed by atoms with van der Waals surface area (Å²) in [7, 11) is 1.40. The summed E-state index contributed by atoms with van der Waals surface area (Å²) in [4.78, 5) is 25.8. The monoisotopic (exact) mass is 221 g/mol. The molecule has 0 aromatic carbocycles. The Morgan fingerprint density at radius 3 is 2.69 bits per heavy atom. The molecule has 2 saturated heterocycles. The van der Waals surface area contributed by atoms with Gasteiger partial charge >= 0.3 is 5.97 Å². The summed E-state index contributed by atoms with van der Waals surface area (Å²) in [6.45, 7) is 4.45. The van der Waals surface area contributed by atoms with Gasteiger partial charge in [-0.1, -0.05) is 12.2 Å². The summed E-state index contributed by atoms with van der Waals surface area (Å²) in [6, 6.07) is 0. The molecule has 0 N–H and O–H groups in total. The lowest BCUT2D eigenvalue weighted by atomic mass is 9.79. The van der Waals surface area contributed by atoms with E-state index < -0.39 is 5.54 Å². The molecule has 86 valence electrons. The largest absolute Gasteiger partial charge is 0.467 e. The van der Waals surface area contributed by atoms with Crippen LogP contribution in [-0.4, -0.2) is 36.0 Å². The number of hydrogen-bond donors (Lipinski definition) is 0. The van der Waals surface area contributed by atoms with Crippen molar-refractivity contribution in [3.63, 3.8) is 0 Å². The molecule has 1 atom stereocenters. The molecule has 1 spiro atoms. The van der Waals surface area contributed by atoms with Crippen molar-refractivity contribution in [2.24, 2.45) is 5.41 Å². The molecule has 1 amide bonds. The highest BCUT2D eigenvalue weighted by atomic mass is 16.5. The van der Waals surface area contributed by atoms with Gasteiger partial charge in [-0.2, -0.15) is 0 Å². The van der Waals surface area contributed by atoms with Gasteiger partial charge < -0.3 is 9.64 Å². The van der Waals surface area contributed by atoms with Crippen molar-refractivity contribution in [3.8, 4) is 0 Å². The first-order valence-electron chi connectivity index (χ1n) is 5.61. The molecule has 2 heterocycles. The van der Waals surface area contributed by atoms with Crippen LogP contribution in [0, 0.1) is 5.41 Å². The van der Waals surface area contributed by atoms with Crippen molar-refractivity contribution < 1.29 is 14.3 Å². The van der Waals surface area contributed by atoms with Crippen LogP contribution in [0.1, 0.15) is 25.7 Å². The number of esters is 1. The molecule has 0 aromatic heterocycles. The van der Waals surface area contributed by atoms with Crippen molar-refractivity contribution in [3.05, 3.63) is 12.2 Å². The van der Waals surface area contributed by atoms with Crippen LogP contribution in [0.5, 0.6) is 0 Å². The maximum Gasteiger partial charge on any atom is 0.332 e. The average Bonchev–Trinajstić information content (AvgIpc) is 2.88. The number of fused-ring (bicyclic) bond motifs is 2. The molecule has 2 aliphatic heterocycles. The summed E-state index contributed by atoms with van der Waals surface area (Å²) in [5, 5.41) is 0. The number of ether oxygens (including phenoxy) is 1. The smallest absolute Gasteiger partial charge is 0.332 e. The highest BCUT2D eigenvalue weighted by Gasteiger charge is 2.74. The molecule has 0 aromatic rings. The summed E-state index contributed by atoms with van der Waals surface area (Å²) < 4.78 is 4.94. The fourth-order valence-electron chi connectivity index (χ4n) is 3.49. The first-order valence-corrected chi connectivity index (χ1v) is 5.61. The van der Waals surface area contributed by atoms with E-state index in [1.54, 1.807) is 4.90 Å². The maximum absolute atomic E-state index is 12.1. The van der Waals surface area contributed by atoms with Crippen molar-refractivity contribution >= 4 is 11.9 Å². The number of carbonyl (C=O) groups is 2. The van der Waals surface area contributed by atoms with Crippen molar-refractivity contribution in [1.82, 2.24) is 4.90 Å². The quantitative estimate of drug-likeness (QED) is 0.487. The predicted octanol–water partition coefficient (Wildman–Crippen LogP) is 0.871. The molecule has 4 nitrogen and oxygen atoms in total. The van der Waals surface area contributed by atoms with Crippen LogP contribution in [0.15, 0.2) is 12.2 Å². The van der Waals surface area contributed by atoms with E-state index >= 15 is 0 Å². The molecule has 3 aliphatic rings. The predicted molar refractivity (Wildman–Crippen MR) is 56.5 cm³/mol. The second-order valence-electron chi connectivity index (χ2n) is 5.22. The van der Waals surface area contributed by atoms with Crippen molar-refractivity contribution in [1.29, 1.82) is 0 Å². The normalized spacial score (nSPS) is 34.4. The minimum atomic E-state index is -0.712. The number of methoxy groups -OCH3 is 1. The Labute approximate surface area is 94.2 Å². The minimum Gasteiger partial charge on any atom is -0.467 e. The Kier molecular flexibility index (Phi) is 1.65. The van der Waals surface area contributed by atoms with E-state index in [9.17, 15) is 9.59 Å². The maximum atomic E-state index is 12.1. The third-order valence-electron chi connectivity index (χ3n) is 4.39. The lowest BCUT2D eigenvalue weighted by Gasteiger charge is -2.33. The molecule has 0 radical (unpaired) electrons. The zero-order chi connectivity index (χ0) is 11.6. The zero-order valence-electron chi connectivity index (χ0n) is 9.41. The molecule has 0 bridgehead atoms. The Bertz CT molecular complexity index is 410. The first kappa shape index (κ1) is 9.87. The molecule has 1 unspecified atom stereocenters. The van der Waals surface area contributed by atoms with Gasteiger partial charge in [0.05, 0.1) is 7.11 Å². The van der Waals surface area contributed by atoms with Crippen LogP contribution in [0.4, 0.5) is 0 Å². The summed E-state index contributed by atoms with van der Waals surface area (Å²) >= 11 is 0. The Balaban J connectivity index is 2.12. The van der Waals surface area contributed by atoms with Gasteiger partial charge in [0.15, 0.2) is 5.54 Å². The SMILES string of the molecule is C=C1CN2C(=O)CC3(CC3)C2(C(=O)OC)C1. The van der Waals surface area contributed by atoms with E-state index in [0.29, 0.717) is 19.4 Å². The molecule has 4 heteroatoms. The topological polar surface area (TPSA) is 46.6 Å². The number of amides is 1. The van der Waals surface area contributed by atoms with Crippen LogP contribution in [0.25, 0.3) is 0 Å². The van der Waals surface area contributed by atoms with E-state index in [2.05, 4.69) is 6.58 Å². The lowest BCUT2D eigenvalue weighted by molar-refractivity contribution is -0.157. The van der Waals surface area contributed by atoms with E-state index in [-0.39, 0.29) is 17.3 Å². The van der Waals surface area contributed by atoms with Gasteiger partial charge in [0, 0.05) is 24.8 Å². The highest BCUT2D eigenvalue weighted by molar-refractivity contribution is 5.96. The first-order chi connectivity index (χ1) is 7.56.